The molecular formula is C16H12Cl2N2. The Labute approximate surface area is 127 Å². The minimum absolute atomic E-state index is 0.660. The lowest BCUT2D eigenvalue weighted by molar-refractivity contribution is 1.16. The van der Waals surface area contributed by atoms with Crippen molar-refractivity contribution in [2.24, 2.45) is 0 Å². The Kier molecular flexibility index (Phi) is 3.77. The molecule has 0 saturated heterocycles. The minimum Gasteiger partial charge on any atom is -0.380 e. The first kappa shape index (κ1) is 13.2. The first-order valence-corrected chi connectivity index (χ1v) is 7.01. The number of para-hydroxylation sites is 1. The maximum Gasteiger partial charge on any atom is 0.0705 e. The molecule has 0 aliphatic rings. The Bertz CT molecular complexity index is 751. The van der Waals surface area contributed by atoms with Crippen LogP contribution < -0.4 is 5.32 Å². The number of benzene rings is 2. The number of hydrogen-bond acceptors (Lipinski definition) is 2. The SMILES string of the molecule is Clc1ccc(Cl)c(NCc2ccnc3ccccc23)c1. The molecule has 0 aliphatic heterocycles. The second-order valence-electron chi connectivity index (χ2n) is 4.46. The standard InChI is InChI=1S/C16H12Cl2N2/c17-12-5-6-14(18)16(9-12)20-10-11-7-8-19-15-4-2-1-3-13(11)15/h1-9,20H,10H2. The van der Waals surface area contributed by atoms with Crippen molar-refractivity contribution in [1.29, 1.82) is 0 Å². The van der Waals surface area contributed by atoms with Gasteiger partial charge in [0.15, 0.2) is 0 Å². The maximum atomic E-state index is 6.15. The fourth-order valence-electron chi connectivity index (χ4n) is 2.13. The highest BCUT2D eigenvalue weighted by Gasteiger charge is 2.04. The number of nitrogens with zero attached hydrogens (tertiary/aromatic N) is 1. The second kappa shape index (κ2) is 5.70. The van der Waals surface area contributed by atoms with Gasteiger partial charge in [0.05, 0.1) is 16.2 Å². The van der Waals surface area contributed by atoms with E-state index in [0.29, 0.717) is 16.6 Å². The van der Waals surface area contributed by atoms with E-state index < -0.39 is 0 Å². The van der Waals surface area contributed by atoms with Gasteiger partial charge in [-0.3, -0.25) is 4.98 Å². The third-order valence-corrected chi connectivity index (χ3v) is 3.70. The number of fused-ring (bicyclic) bond motifs is 1. The molecule has 100 valence electrons. The Hall–Kier alpha value is -1.77. The molecule has 0 radical (unpaired) electrons. The van der Waals surface area contributed by atoms with E-state index in [1.165, 1.54) is 5.56 Å². The summed E-state index contributed by atoms with van der Waals surface area (Å²) in [6.45, 7) is 0.670. The van der Waals surface area contributed by atoms with E-state index in [0.717, 1.165) is 16.6 Å². The molecule has 0 amide bonds. The Morgan fingerprint density at radius 2 is 1.85 bits per heavy atom. The molecule has 0 atom stereocenters. The number of hydrogen-bond donors (Lipinski definition) is 1. The highest BCUT2D eigenvalue weighted by Crippen LogP contribution is 2.26. The molecule has 1 aromatic heterocycles. The molecule has 0 saturated carbocycles. The molecule has 3 aromatic rings. The van der Waals surface area contributed by atoms with Crippen molar-refractivity contribution >= 4 is 39.8 Å². The molecule has 0 bridgehead atoms. The van der Waals surface area contributed by atoms with Gasteiger partial charge in [0.1, 0.15) is 0 Å². The molecule has 0 spiro atoms. The molecular weight excluding hydrogens is 291 g/mol. The third-order valence-electron chi connectivity index (χ3n) is 3.14. The topological polar surface area (TPSA) is 24.9 Å². The predicted molar refractivity (Wildman–Crippen MR) is 85.5 cm³/mol. The van der Waals surface area contributed by atoms with Crippen molar-refractivity contribution in [3.8, 4) is 0 Å². The fourth-order valence-corrected chi connectivity index (χ4v) is 2.49. The van der Waals surface area contributed by atoms with Crippen LogP contribution in [0.15, 0.2) is 54.7 Å². The summed E-state index contributed by atoms with van der Waals surface area (Å²) >= 11 is 12.1. The Balaban J connectivity index is 1.89. The summed E-state index contributed by atoms with van der Waals surface area (Å²) in [7, 11) is 0. The van der Waals surface area contributed by atoms with Crippen molar-refractivity contribution in [1.82, 2.24) is 4.98 Å². The average molecular weight is 303 g/mol. The van der Waals surface area contributed by atoms with Crippen molar-refractivity contribution in [2.75, 3.05) is 5.32 Å². The fraction of sp³-hybridized carbons (Fsp3) is 0.0625. The Morgan fingerprint density at radius 3 is 2.75 bits per heavy atom. The quantitative estimate of drug-likeness (QED) is 0.723. The van der Waals surface area contributed by atoms with Gasteiger partial charge < -0.3 is 5.32 Å². The first-order valence-electron chi connectivity index (χ1n) is 6.25. The van der Waals surface area contributed by atoms with Crippen LogP contribution in [0.5, 0.6) is 0 Å². The van der Waals surface area contributed by atoms with Crippen LogP contribution in [0, 0.1) is 0 Å². The number of halogens is 2. The largest absolute Gasteiger partial charge is 0.380 e. The van der Waals surface area contributed by atoms with E-state index in [9.17, 15) is 0 Å². The van der Waals surface area contributed by atoms with Gasteiger partial charge in [-0.05, 0) is 35.9 Å². The summed E-state index contributed by atoms with van der Waals surface area (Å²) in [4.78, 5) is 4.35. The van der Waals surface area contributed by atoms with Crippen molar-refractivity contribution in [3.05, 3.63) is 70.3 Å². The molecule has 20 heavy (non-hydrogen) atoms. The second-order valence-corrected chi connectivity index (χ2v) is 5.31. The molecule has 1 heterocycles. The smallest absolute Gasteiger partial charge is 0.0705 e. The zero-order valence-electron chi connectivity index (χ0n) is 10.6. The Morgan fingerprint density at radius 1 is 1.00 bits per heavy atom. The average Bonchev–Trinajstić information content (AvgIpc) is 2.48. The van der Waals surface area contributed by atoms with E-state index in [4.69, 9.17) is 23.2 Å². The highest BCUT2D eigenvalue weighted by molar-refractivity contribution is 6.35. The van der Waals surface area contributed by atoms with Crippen LogP contribution in [0.1, 0.15) is 5.56 Å². The van der Waals surface area contributed by atoms with E-state index in [1.54, 1.807) is 12.1 Å². The zero-order valence-corrected chi connectivity index (χ0v) is 12.1. The third kappa shape index (κ3) is 2.72. The van der Waals surface area contributed by atoms with Crippen molar-refractivity contribution < 1.29 is 0 Å². The van der Waals surface area contributed by atoms with Gasteiger partial charge in [-0.15, -0.1) is 0 Å². The van der Waals surface area contributed by atoms with Crippen LogP contribution in [0.25, 0.3) is 10.9 Å². The lowest BCUT2D eigenvalue weighted by atomic mass is 10.1. The molecule has 2 aromatic carbocycles. The van der Waals surface area contributed by atoms with Gasteiger partial charge in [-0.1, -0.05) is 41.4 Å². The summed E-state index contributed by atoms with van der Waals surface area (Å²) in [5, 5.41) is 5.78. The van der Waals surface area contributed by atoms with Gasteiger partial charge in [0.2, 0.25) is 0 Å². The number of nitrogens with one attached hydrogen (secondary N) is 1. The molecule has 0 fully saturated rings. The molecule has 0 aliphatic carbocycles. The van der Waals surface area contributed by atoms with Gasteiger partial charge in [0.25, 0.3) is 0 Å². The van der Waals surface area contributed by atoms with E-state index in [-0.39, 0.29) is 0 Å². The van der Waals surface area contributed by atoms with Crippen LogP contribution in [-0.4, -0.2) is 4.98 Å². The first-order chi connectivity index (χ1) is 9.74. The predicted octanol–water partition coefficient (Wildman–Crippen LogP) is 5.15. The van der Waals surface area contributed by atoms with Gasteiger partial charge in [0, 0.05) is 23.2 Å². The summed E-state index contributed by atoms with van der Waals surface area (Å²) in [6, 6.07) is 15.5. The van der Waals surface area contributed by atoms with Crippen molar-refractivity contribution in [3.63, 3.8) is 0 Å². The lowest BCUT2D eigenvalue weighted by Gasteiger charge is -2.10. The van der Waals surface area contributed by atoms with Gasteiger partial charge >= 0.3 is 0 Å². The normalized spacial score (nSPS) is 10.7. The van der Waals surface area contributed by atoms with Crippen LogP contribution >= 0.6 is 23.2 Å². The van der Waals surface area contributed by atoms with Crippen LogP contribution in [0.3, 0.4) is 0 Å². The van der Waals surface area contributed by atoms with E-state index in [2.05, 4.69) is 16.4 Å². The van der Waals surface area contributed by atoms with Crippen LogP contribution in [0.4, 0.5) is 5.69 Å². The van der Waals surface area contributed by atoms with E-state index >= 15 is 0 Å². The van der Waals surface area contributed by atoms with Crippen molar-refractivity contribution in [2.45, 2.75) is 6.54 Å². The molecule has 2 nitrogen and oxygen atoms in total. The summed E-state index contributed by atoms with van der Waals surface area (Å²) in [5.41, 5.74) is 3.00. The summed E-state index contributed by atoms with van der Waals surface area (Å²) in [6.07, 6.45) is 1.82. The van der Waals surface area contributed by atoms with Gasteiger partial charge in [-0.25, -0.2) is 0 Å². The zero-order chi connectivity index (χ0) is 13.9. The lowest BCUT2D eigenvalue weighted by Crippen LogP contribution is -2.01. The number of rotatable bonds is 3. The minimum atomic E-state index is 0.660. The van der Waals surface area contributed by atoms with E-state index in [1.807, 2.05) is 36.5 Å². The molecule has 1 N–H and O–H groups in total. The number of pyridine rings is 1. The summed E-state index contributed by atoms with van der Waals surface area (Å²) in [5.74, 6) is 0. The number of anilines is 1. The van der Waals surface area contributed by atoms with Crippen LogP contribution in [0.2, 0.25) is 10.0 Å². The molecule has 3 rings (SSSR count). The molecule has 4 heteroatoms. The van der Waals surface area contributed by atoms with Crippen LogP contribution in [-0.2, 0) is 6.54 Å². The number of aromatic nitrogens is 1. The highest BCUT2D eigenvalue weighted by atomic mass is 35.5. The monoisotopic (exact) mass is 302 g/mol. The molecule has 0 unspecified atom stereocenters. The maximum absolute atomic E-state index is 6.15. The van der Waals surface area contributed by atoms with Gasteiger partial charge in [-0.2, -0.15) is 0 Å². The summed E-state index contributed by atoms with van der Waals surface area (Å²) < 4.78 is 0.